The van der Waals surface area contributed by atoms with Gasteiger partial charge in [-0.2, -0.15) is 16.8 Å². The quantitative estimate of drug-likeness (QED) is 0.299. The molecule has 14 heteroatoms. The molecule has 3 rings (SSSR count). The molecule has 0 radical (unpaired) electrons. The summed E-state index contributed by atoms with van der Waals surface area (Å²) in [6.45, 7) is 1.53. The van der Waals surface area contributed by atoms with Gasteiger partial charge in [-0.05, 0) is 24.6 Å². The minimum atomic E-state index is -4.93. The van der Waals surface area contributed by atoms with E-state index in [0.29, 0.717) is 0 Å². The van der Waals surface area contributed by atoms with Crippen LogP contribution in [0.4, 0.5) is 11.4 Å². The molecule has 170 valence electrons. The smallest absolute Gasteiger partial charge is 0.297 e. The predicted octanol–water partition coefficient (Wildman–Crippen LogP) is 1.88. The Morgan fingerprint density at radius 2 is 1.69 bits per heavy atom. The lowest BCUT2D eigenvalue weighted by molar-refractivity contribution is 0.409. The van der Waals surface area contributed by atoms with E-state index in [2.05, 4.69) is 10.2 Å². The van der Waals surface area contributed by atoms with Crippen LogP contribution in [0.15, 0.2) is 61.2 Å². The molecule has 1 heterocycles. The standard InChI is InChI=1S/C18H18N4O8S2/c1-10-9-15(23)22(8-7-19)18(24)16(10)21-20-13-6-5-11-12(17(13)32(28,29)30)3-2-4-14(11)31(25,26)27/h2-6,9,24H,7-8,19H2,1H3,(H,25,26,27)(H,28,29,30). The van der Waals surface area contributed by atoms with Gasteiger partial charge in [-0.3, -0.25) is 18.5 Å². The molecular formula is C18H18N4O8S2. The van der Waals surface area contributed by atoms with Crippen molar-refractivity contribution in [1.29, 1.82) is 0 Å². The third-order valence-corrected chi connectivity index (χ3v) is 6.40. The van der Waals surface area contributed by atoms with Crippen molar-refractivity contribution in [1.82, 2.24) is 4.57 Å². The number of hydrogen-bond donors (Lipinski definition) is 4. The molecule has 2 aromatic carbocycles. The van der Waals surface area contributed by atoms with Crippen molar-refractivity contribution in [2.45, 2.75) is 23.3 Å². The number of azo groups is 1. The fourth-order valence-corrected chi connectivity index (χ4v) is 4.71. The maximum atomic E-state index is 12.1. The number of aryl methyl sites for hydroxylation is 1. The van der Waals surface area contributed by atoms with E-state index in [1.165, 1.54) is 31.2 Å². The molecule has 0 bridgehead atoms. The summed E-state index contributed by atoms with van der Waals surface area (Å²) in [4.78, 5) is 10.7. The van der Waals surface area contributed by atoms with Gasteiger partial charge < -0.3 is 10.8 Å². The van der Waals surface area contributed by atoms with E-state index in [0.717, 1.165) is 16.7 Å². The van der Waals surface area contributed by atoms with Crippen LogP contribution in [0.25, 0.3) is 10.8 Å². The van der Waals surface area contributed by atoms with E-state index in [4.69, 9.17) is 5.73 Å². The highest BCUT2D eigenvalue weighted by Gasteiger charge is 2.23. The molecule has 12 nitrogen and oxygen atoms in total. The summed E-state index contributed by atoms with van der Waals surface area (Å²) >= 11 is 0. The lowest BCUT2D eigenvalue weighted by atomic mass is 10.1. The van der Waals surface area contributed by atoms with Gasteiger partial charge in [0, 0.05) is 29.9 Å². The topological polar surface area (TPSA) is 202 Å². The number of fused-ring (bicyclic) bond motifs is 1. The Labute approximate surface area is 182 Å². The van der Waals surface area contributed by atoms with Crippen LogP contribution in [0.5, 0.6) is 5.88 Å². The van der Waals surface area contributed by atoms with Crippen molar-refractivity contribution >= 4 is 42.4 Å². The van der Waals surface area contributed by atoms with Crippen molar-refractivity contribution in [2.24, 2.45) is 16.0 Å². The summed E-state index contributed by atoms with van der Waals surface area (Å²) in [7, 11) is -9.63. The monoisotopic (exact) mass is 482 g/mol. The van der Waals surface area contributed by atoms with E-state index in [9.17, 15) is 35.8 Å². The number of aromatic nitrogens is 1. The zero-order valence-electron chi connectivity index (χ0n) is 16.5. The number of benzene rings is 2. The van der Waals surface area contributed by atoms with Gasteiger partial charge in [-0.15, -0.1) is 10.2 Å². The number of nitrogens with zero attached hydrogens (tertiary/aromatic N) is 3. The van der Waals surface area contributed by atoms with Crippen LogP contribution in [-0.2, 0) is 26.8 Å². The first-order valence-corrected chi connectivity index (χ1v) is 11.8. The highest BCUT2D eigenvalue weighted by atomic mass is 32.2. The first-order chi connectivity index (χ1) is 14.9. The fourth-order valence-electron chi connectivity index (χ4n) is 3.18. The van der Waals surface area contributed by atoms with E-state index >= 15 is 0 Å². The molecule has 0 saturated heterocycles. The SMILES string of the molecule is Cc1cc(=O)n(CCN)c(O)c1N=Nc1ccc2c(S(=O)(=O)O)cccc2c1S(=O)(=O)O. The molecule has 3 aromatic rings. The van der Waals surface area contributed by atoms with Crippen molar-refractivity contribution in [2.75, 3.05) is 6.54 Å². The maximum absolute atomic E-state index is 12.1. The third-order valence-electron chi connectivity index (χ3n) is 4.54. The molecule has 5 N–H and O–H groups in total. The fraction of sp³-hybridized carbons (Fsp3) is 0.167. The summed E-state index contributed by atoms with van der Waals surface area (Å²) in [6, 6.07) is 6.91. The second-order valence-corrected chi connectivity index (χ2v) is 9.44. The van der Waals surface area contributed by atoms with Crippen molar-refractivity contribution in [3.63, 3.8) is 0 Å². The maximum Gasteiger partial charge on any atom is 0.297 e. The van der Waals surface area contributed by atoms with E-state index < -0.39 is 41.5 Å². The zero-order chi connectivity index (χ0) is 23.8. The molecule has 0 aliphatic heterocycles. The second kappa shape index (κ2) is 8.40. The van der Waals surface area contributed by atoms with Gasteiger partial charge >= 0.3 is 0 Å². The minimum Gasteiger partial charge on any atom is -0.493 e. The first kappa shape index (κ1) is 23.5. The Hall–Kier alpha value is -3.17. The van der Waals surface area contributed by atoms with Crippen LogP contribution in [0.2, 0.25) is 0 Å². The second-order valence-electron chi connectivity index (χ2n) is 6.69. The van der Waals surface area contributed by atoms with Crippen LogP contribution in [0.1, 0.15) is 5.56 Å². The van der Waals surface area contributed by atoms with Crippen LogP contribution in [0.3, 0.4) is 0 Å². The van der Waals surface area contributed by atoms with Crippen LogP contribution in [-0.4, -0.2) is 42.2 Å². The van der Waals surface area contributed by atoms with E-state index in [1.54, 1.807) is 0 Å². The number of nitrogens with two attached hydrogens (primary N) is 1. The predicted molar refractivity (Wildman–Crippen MR) is 114 cm³/mol. The van der Waals surface area contributed by atoms with E-state index in [-0.39, 0.29) is 40.8 Å². The normalized spacial score (nSPS) is 12.6. The minimum absolute atomic E-state index is 0.00186. The summed E-state index contributed by atoms with van der Waals surface area (Å²) in [6.07, 6.45) is 0. The molecule has 0 saturated carbocycles. The van der Waals surface area contributed by atoms with Gasteiger partial charge in [0.1, 0.15) is 21.2 Å². The molecule has 0 amide bonds. The van der Waals surface area contributed by atoms with Gasteiger partial charge in [0.2, 0.25) is 5.88 Å². The Bertz CT molecular complexity index is 1530. The van der Waals surface area contributed by atoms with Crippen molar-refractivity contribution < 1.29 is 31.0 Å². The summed E-state index contributed by atoms with van der Waals surface area (Å²) in [5.41, 5.74) is 4.65. The van der Waals surface area contributed by atoms with Crippen molar-refractivity contribution in [3.05, 3.63) is 52.3 Å². The molecule has 0 aliphatic rings. The lowest BCUT2D eigenvalue weighted by Gasteiger charge is -2.11. The number of aromatic hydroxyl groups is 1. The van der Waals surface area contributed by atoms with Gasteiger partial charge in [0.25, 0.3) is 25.8 Å². The molecule has 32 heavy (non-hydrogen) atoms. The summed E-state index contributed by atoms with van der Waals surface area (Å²) in [5.74, 6) is -0.535. The third kappa shape index (κ3) is 4.39. The van der Waals surface area contributed by atoms with E-state index in [1.807, 2.05) is 0 Å². The molecule has 1 aromatic heterocycles. The number of pyridine rings is 1. The average molecular weight is 482 g/mol. The highest BCUT2D eigenvalue weighted by Crippen LogP contribution is 2.37. The molecule has 0 fully saturated rings. The largest absolute Gasteiger partial charge is 0.493 e. The average Bonchev–Trinajstić information content (AvgIpc) is 2.68. The summed E-state index contributed by atoms with van der Waals surface area (Å²) < 4.78 is 67.6. The molecule has 0 aliphatic carbocycles. The lowest BCUT2D eigenvalue weighted by Crippen LogP contribution is -2.23. The first-order valence-electron chi connectivity index (χ1n) is 8.92. The molecule has 0 unspecified atom stereocenters. The summed E-state index contributed by atoms with van der Waals surface area (Å²) in [5, 5.41) is 17.6. The highest BCUT2D eigenvalue weighted by molar-refractivity contribution is 7.86. The van der Waals surface area contributed by atoms with Crippen molar-refractivity contribution in [3.8, 4) is 5.88 Å². The molecule has 0 spiro atoms. The Balaban J connectivity index is 2.29. The number of rotatable bonds is 6. The Kier molecular flexibility index (Phi) is 6.17. The van der Waals surface area contributed by atoms with Crippen LogP contribution >= 0.6 is 0 Å². The van der Waals surface area contributed by atoms with Gasteiger partial charge in [0.05, 0.1) is 0 Å². The Morgan fingerprint density at radius 1 is 1.00 bits per heavy atom. The van der Waals surface area contributed by atoms with Crippen LogP contribution < -0.4 is 11.3 Å². The van der Waals surface area contributed by atoms with Gasteiger partial charge in [-0.1, -0.05) is 18.2 Å². The number of hydrogen-bond acceptors (Lipinski definition) is 9. The molecule has 0 atom stereocenters. The van der Waals surface area contributed by atoms with Gasteiger partial charge in [-0.25, -0.2) is 0 Å². The Morgan fingerprint density at radius 3 is 2.28 bits per heavy atom. The van der Waals surface area contributed by atoms with Crippen LogP contribution in [0, 0.1) is 6.92 Å². The molecular weight excluding hydrogens is 464 g/mol. The van der Waals surface area contributed by atoms with Gasteiger partial charge in [0.15, 0.2) is 0 Å². The zero-order valence-corrected chi connectivity index (χ0v) is 18.1.